The van der Waals surface area contributed by atoms with Gasteiger partial charge in [0.2, 0.25) is 0 Å². The van der Waals surface area contributed by atoms with E-state index in [9.17, 15) is 23.3 Å². The average molecular weight is 260 g/mol. The monoisotopic (exact) mass is 260 g/mol. The van der Waals surface area contributed by atoms with Gasteiger partial charge >= 0.3 is 0 Å². The second-order valence-corrected chi connectivity index (χ2v) is 4.46. The summed E-state index contributed by atoms with van der Waals surface area (Å²) in [6.45, 7) is -0.875. The minimum atomic E-state index is -4.29. The summed E-state index contributed by atoms with van der Waals surface area (Å²) in [5.74, 6) is -0.824. The molecule has 1 rings (SSSR count). The van der Waals surface area contributed by atoms with Gasteiger partial charge in [0.15, 0.2) is 0 Å². The molecule has 0 spiro atoms. The summed E-state index contributed by atoms with van der Waals surface area (Å²) in [6, 6.07) is 4.55. The number of benzene rings is 1. The zero-order valence-corrected chi connectivity index (χ0v) is 9.18. The van der Waals surface area contributed by atoms with Gasteiger partial charge in [-0.05, 0) is 24.3 Å². The van der Waals surface area contributed by atoms with E-state index < -0.39 is 27.5 Å². The van der Waals surface area contributed by atoms with Crippen LogP contribution in [0.1, 0.15) is 0 Å². The molecule has 0 aliphatic heterocycles. The van der Waals surface area contributed by atoms with Gasteiger partial charge in [-0.2, -0.15) is 8.42 Å². The molecule has 0 radical (unpaired) electrons. The van der Waals surface area contributed by atoms with Gasteiger partial charge in [-0.1, -0.05) is 0 Å². The van der Waals surface area contributed by atoms with Gasteiger partial charge in [0.25, 0.3) is 22.6 Å². The Balaban J connectivity index is 2.76. The van der Waals surface area contributed by atoms with Gasteiger partial charge in [0.1, 0.15) is 0 Å². The largest absolute Gasteiger partial charge is 0.320 e. The standard InChI is InChI=1S/C8H8N2O6S/c11-8(5-10(12)13)9-6-1-3-7(4-2-6)17(14,15)16/h1-4H,5H2,(H,9,11)(H,14,15,16). The Labute approximate surface area is 96.2 Å². The van der Waals surface area contributed by atoms with Crippen molar-refractivity contribution in [3.63, 3.8) is 0 Å². The van der Waals surface area contributed by atoms with Crippen molar-refractivity contribution in [3.8, 4) is 0 Å². The maximum atomic E-state index is 11.0. The van der Waals surface area contributed by atoms with E-state index in [1.165, 1.54) is 12.1 Å². The lowest BCUT2D eigenvalue weighted by atomic mass is 10.3. The van der Waals surface area contributed by atoms with Crippen LogP contribution in [0.15, 0.2) is 29.2 Å². The molecule has 2 N–H and O–H groups in total. The van der Waals surface area contributed by atoms with Crippen LogP contribution in [-0.4, -0.2) is 30.3 Å². The summed E-state index contributed by atoms with van der Waals surface area (Å²) in [5.41, 5.74) is 0.198. The van der Waals surface area contributed by atoms with Crippen molar-refractivity contribution >= 4 is 21.7 Å². The first-order chi connectivity index (χ1) is 7.79. The van der Waals surface area contributed by atoms with E-state index >= 15 is 0 Å². The Kier molecular flexibility index (Phi) is 3.76. The van der Waals surface area contributed by atoms with Gasteiger partial charge in [0.05, 0.1) is 4.90 Å². The average Bonchev–Trinajstić information content (AvgIpc) is 2.15. The first-order valence-corrected chi connectivity index (χ1v) is 5.72. The predicted molar refractivity (Wildman–Crippen MR) is 56.7 cm³/mol. The lowest BCUT2D eigenvalue weighted by Gasteiger charge is -2.02. The number of nitrogens with zero attached hydrogens (tertiary/aromatic N) is 1. The number of hydrogen-bond acceptors (Lipinski definition) is 5. The number of anilines is 1. The Morgan fingerprint density at radius 2 is 1.88 bits per heavy atom. The van der Waals surface area contributed by atoms with Crippen LogP contribution in [0.3, 0.4) is 0 Å². The van der Waals surface area contributed by atoms with Crippen molar-refractivity contribution in [1.29, 1.82) is 0 Å². The minimum absolute atomic E-state index is 0.198. The molecule has 0 heterocycles. The van der Waals surface area contributed by atoms with Gasteiger partial charge in [-0.15, -0.1) is 0 Å². The quantitative estimate of drug-likeness (QED) is 0.450. The van der Waals surface area contributed by atoms with Crippen LogP contribution in [0.5, 0.6) is 0 Å². The molecule has 0 aliphatic rings. The van der Waals surface area contributed by atoms with Gasteiger partial charge in [0, 0.05) is 10.6 Å². The minimum Gasteiger partial charge on any atom is -0.320 e. The highest BCUT2D eigenvalue weighted by Gasteiger charge is 2.11. The number of rotatable bonds is 4. The first kappa shape index (κ1) is 13.1. The summed E-state index contributed by atoms with van der Waals surface area (Å²) in [4.78, 5) is 19.9. The fraction of sp³-hybridized carbons (Fsp3) is 0.125. The molecule has 92 valence electrons. The predicted octanol–water partition coefficient (Wildman–Crippen LogP) is 0.148. The molecule has 1 aromatic carbocycles. The molecular formula is C8H8N2O6S. The molecule has 17 heavy (non-hydrogen) atoms. The number of nitro groups is 1. The van der Waals surface area contributed by atoms with Gasteiger partial charge in [-0.25, -0.2) is 0 Å². The third kappa shape index (κ3) is 4.17. The number of carbonyl (C=O) groups excluding carboxylic acids is 1. The highest BCUT2D eigenvalue weighted by molar-refractivity contribution is 7.85. The van der Waals surface area contributed by atoms with E-state index in [1.54, 1.807) is 0 Å². The van der Waals surface area contributed by atoms with E-state index in [0.717, 1.165) is 12.1 Å². The smallest absolute Gasteiger partial charge is 0.296 e. The molecule has 0 aliphatic carbocycles. The lowest BCUT2D eigenvalue weighted by molar-refractivity contribution is -0.467. The summed E-state index contributed by atoms with van der Waals surface area (Å²) in [7, 11) is -4.29. The summed E-state index contributed by atoms with van der Waals surface area (Å²) >= 11 is 0. The highest BCUT2D eigenvalue weighted by atomic mass is 32.2. The highest BCUT2D eigenvalue weighted by Crippen LogP contribution is 2.13. The second kappa shape index (κ2) is 4.89. The molecule has 0 bridgehead atoms. The zero-order chi connectivity index (χ0) is 13.1. The van der Waals surface area contributed by atoms with Crippen LogP contribution in [0.2, 0.25) is 0 Å². The molecule has 0 unspecified atom stereocenters. The third-order valence-corrected chi connectivity index (χ3v) is 2.58. The van der Waals surface area contributed by atoms with Crippen molar-refractivity contribution in [1.82, 2.24) is 0 Å². The van der Waals surface area contributed by atoms with Crippen LogP contribution in [0.4, 0.5) is 5.69 Å². The zero-order valence-electron chi connectivity index (χ0n) is 8.36. The molecule has 9 heteroatoms. The molecule has 1 aromatic rings. The molecule has 0 aromatic heterocycles. The Morgan fingerprint density at radius 1 is 1.35 bits per heavy atom. The molecule has 0 atom stereocenters. The Hall–Kier alpha value is -2.00. The SMILES string of the molecule is O=C(C[N+](=O)[O-])Nc1ccc(S(=O)(=O)O)cc1. The maximum absolute atomic E-state index is 11.0. The van der Waals surface area contributed by atoms with Crippen LogP contribution < -0.4 is 5.32 Å². The van der Waals surface area contributed by atoms with Crippen molar-refractivity contribution in [2.24, 2.45) is 0 Å². The van der Waals surface area contributed by atoms with Crippen LogP contribution in [-0.2, 0) is 14.9 Å². The van der Waals surface area contributed by atoms with E-state index in [-0.39, 0.29) is 10.6 Å². The summed E-state index contributed by atoms with van der Waals surface area (Å²) in [6.07, 6.45) is 0. The molecule has 8 nitrogen and oxygen atoms in total. The van der Waals surface area contributed by atoms with Crippen LogP contribution in [0.25, 0.3) is 0 Å². The van der Waals surface area contributed by atoms with Crippen molar-refractivity contribution < 1.29 is 22.7 Å². The number of nitrogens with one attached hydrogen (secondary N) is 1. The van der Waals surface area contributed by atoms with E-state index in [2.05, 4.69) is 5.32 Å². The van der Waals surface area contributed by atoms with E-state index in [4.69, 9.17) is 4.55 Å². The van der Waals surface area contributed by atoms with Crippen molar-refractivity contribution in [3.05, 3.63) is 34.4 Å². The maximum Gasteiger partial charge on any atom is 0.296 e. The van der Waals surface area contributed by atoms with Crippen LogP contribution >= 0.6 is 0 Å². The van der Waals surface area contributed by atoms with E-state index in [1.807, 2.05) is 0 Å². The third-order valence-electron chi connectivity index (χ3n) is 1.71. The van der Waals surface area contributed by atoms with Gasteiger partial charge in [-0.3, -0.25) is 19.5 Å². The fourth-order valence-corrected chi connectivity index (χ4v) is 1.51. The molecular weight excluding hydrogens is 252 g/mol. The van der Waals surface area contributed by atoms with Crippen LogP contribution in [0, 0.1) is 10.1 Å². The normalized spacial score (nSPS) is 10.9. The first-order valence-electron chi connectivity index (χ1n) is 4.28. The summed E-state index contributed by atoms with van der Waals surface area (Å²) in [5, 5.41) is 12.2. The Morgan fingerprint density at radius 3 is 2.29 bits per heavy atom. The topological polar surface area (TPSA) is 127 Å². The number of hydrogen-bond donors (Lipinski definition) is 2. The molecule has 0 saturated carbocycles. The van der Waals surface area contributed by atoms with Gasteiger partial charge < -0.3 is 5.32 Å². The number of carbonyl (C=O) groups is 1. The molecule has 1 amide bonds. The second-order valence-electron chi connectivity index (χ2n) is 3.04. The number of amides is 1. The Bertz CT molecular complexity index is 536. The van der Waals surface area contributed by atoms with Crippen molar-refractivity contribution in [2.75, 3.05) is 11.9 Å². The van der Waals surface area contributed by atoms with E-state index in [0.29, 0.717) is 0 Å². The fourth-order valence-electron chi connectivity index (χ4n) is 1.03. The van der Waals surface area contributed by atoms with Crippen molar-refractivity contribution in [2.45, 2.75) is 4.90 Å². The lowest BCUT2D eigenvalue weighted by Crippen LogP contribution is -2.21. The molecule has 0 saturated heterocycles. The molecule has 0 fully saturated rings. The summed E-state index contributed by atoms with van der Waals surface area (Å²) < 4.78 is 30.1.